The molecule has 0 atom stereocenters. The van der Waals surface area contributed by atoms with Gasteiger partial charge < -0.3 is 14.2 Å². The lowest BCUT2D eigenvalue weighted by atomic mass is 10.2. The van der Waals surface area contributed by atoms with Gasteiger partial charge in [0.15, 0.2) is 4.90 Å². The molecule has 1 aromatic rings. The summed E-state index contributed by atoms with van der Waals surface area (Å²) < 4.78 is 36.2. The Morgan fingerprint density at radius 1 is 1.27 bits per heavy atom. The minimum absolute atomic E-state index is 0.229. The van der Waals surface area contributed by atoms with Gasteiger partial charge in [0.2, 0.25) is 10.4 Å². The lowest BCUT2D eigenvalue weighted by molar-refractivity contribution is 0.172. The minimum Gasteiger partial charge on any atom is -0.726 e. The average Bonchev–Trinajstić information content (AvgIpc) is 2.38. The van der Waals surface area contributed by atoms with Gasteiger partial charge in [-0.05, 0) is 25.1 Å². The van der Waals surface area contributed by atoms with Gasteiger partial charge in [-0.25, -0.2) is 13.2 Å². The van der Waals surface area contributed by atoms with Gasteiger partial charge in [0, 0.05) is 30.6 Å². The summed E-state index contributed by atoms with van der Waals surface area (Å²) >= 11 is 0. The summed E-state index contributed by atoms with van der Waals surface area (Å²) in [5.41, 5.74) is 1.16. The Balaban J connectivity index is 0.000000626. The molecule has 0 aromatic heterocycles. The molecule has 9 heteroatoms. The van der Waals surface area contributed by atoms with Crippen LogP contribution < -0.4 is 4.74 Å². The predicted molar refractivity (Wildman–Crippen MR) is 85.1 cm³/mol. The molecule has 126 valence electrons. The molecule has 0 radical (unpaired) electrons. The average molecular weight is 351 g/mol. The highest BCUT2D eigenvalue weighted by Gasteiger charge is 2.14. The Morgan fingerprint density at radius 3 is 2.09 bits per heavy atom. The van der Waals surface area contributed by atoms with Crippen LogP contribution in [-0.2, 0) is 25.5 Å². The fraction of sp³-hybridized carbons (Fsp3) is 0.462. The van der Waals surface area contributed by atoms with Crippen molar-refractivity contribution in [1.82, 2.24) is 4.90 Å². The van der Waals surface area contributed by atoms with E-state index < -0.39 is 10.4 Å². The lowest BCUT2D eigenvalue weighted by Gasteiger charge is -2.11. The van der Waals surface area contributed by atoms with Crippen molar-refractivity contribution in [2.75, 3.05) is 33.7 Å². The number of benzene rings is 1. The number of ether oxygens (including phenoxy) is 1. The van der Waals surface area contributed by atoms with Crippen LogP contribution in [0.2, 0.25) is 0 Å². The van der Waals surface area contributed by atoms with Crippen LogP contribution in [0.3, 0.4) is 0 Å². The van der Waals surface area contributed by atoms with Crippen molar-refractivity contribution in [3.63, 3.8) is 0 Å². The molecule has 0 aliphatic carbocycles. The second kappa shape index (κ2) is 8.99. The quantitative estimate of drug-likeness (QED) is 0.464. The first-order valence-electron chi connectivity index (χ1n) is 6.06. The van der Waals surface area contributed by atoms with Crippen LogP contribution in [0.4, 0.5) is 4.79 Å². The standard InChI is InChI=1S/C12H18NO2S.CH4O4S/c1-9-8-10(15-12(14)13(2)3)6-7-11(9)16(4)5;1-5-6(2,3)4/h6-8H,1-5H3;1H3,(H,2,3,4)/q+1;/p-1. The molecule has 0 aliphatic rings. The SMILES string of the molecule is COS(=O)(=O)[O-].Cc1cc(OC(=O)N(C)C)ccc1[S+](C)C. The molecule has 0 spiro atoms. The third kappa shape index (κ3) is 8.23. The van der Waals surface area contributed by atoms with Crippen LogP contribution in [0, 0.1) is 6.92 Å². The summed E-state index contributed by atoms with van der Waals surface area (Å²) in [7, 11) is -0.0439. The zero-order valence-electron chi connectivity index (χ0n) is 13.4. The smallest absolute Gasteiger partial charge is 0.414 e. The molecule has 0 N–H and O–H groups in total. The molecule has 7 nitrogen and oxygen atoms in total. The summed E-state index contributed by atoms with van der Waals surface area (Å²) in [5, 5.41) is 0. The maximum atomic E-state index is 11.3. The van der Waals surface area contributed by atoms with Gasteiger partial charge in [0.05, 0.1) is 7.11 Å². The van der Waals surface area contributed by atoms with E-state index in [1.807, 2.05) is 25.1 Å². The van der Waals surface area contributed by atoms with Crippen LogP contribution in [-0.4, -0.2) is 57.7 Å². The summed E-state index contributed by atoms with van der Waals surface area (Å²) in [6.45, 7) is 2.04. The van der Waals surface area contributed by atoms with E-state index >= 15 is 0 Å². The van der Waals surface area contributed by atoms with Gasteiger partial charge in [-0.1, -0.05) is 0 Å². The molecule has 0 saturated heterocycles. The van der Waals surface area contributed by atoms with Crippen molar-refractivity contribution in [2.24, 2.45) is 0 Å². The highest BCUT2D eigenvalue weighted by molar-refractivity contribution is 7.95. The molecule has 0 bridgehead atoms. The second-order valence-electron chi connectivity index (χ2n) is 4.58. The zero-order chi connectivity index (χ0) is 17.5. The van der Waals surface area contributed by atoms with E-state index in [4.69, 9.17) is 4.74 Å². The number of hydrogen-bond donors (Lipinski definition) is 0. The van der Waals surface area contributed by atoms with Crippen molar-refractivity contribution in [1.29, 1.82) is 0 Å². The van der Waals surface area contributed by atoms with E-state index in [0.717, 1.165) is 12.7 Å². The van der Waals surface area contributed by atoms with E-state index in [1.54, 1.807) is 14.1 Å². The molecule has 0 aliphatic heterocycles. The van der Waals surface area contributed by atoms with Crippen LogP contribution in [0.15, 0.2) is 23.1 Å². The number of amides is 1. The highest BCUT2D eigenvalue weighted by atomic mass is 32.3. The maximum absolute atomic E-state index is 11.3. The number of nitrogens with zero attached hydrogens (tertiary/aromatic N) is 1. The van der Waals surface area contributed by atoms with E-state index in [9.17, 15) is 17.8 Å². The molecular formula is C13H21NO6S2. The highest BCUT2D eigenvalue weighted by Crippen LogP contribution is 2.21. The van der Waals surface area contributed by atoms with Gasteiger partial charge in [-0.15, -0.1) is 0 Å². The topological polar surface area (TPSA) is 96.0 Å². The first kappa shape index (κ1) is 20.7. The molecule has 0 saturated carbocycles. The number of carbonyl (C=O) groups excluding carboxylic acids is 1. The van der Waals surface area contributed by atoms with E-state index in [0.29, 0.717) is 5.75 Å². The summed E-state index contributed by atoms with van der Waals surface area (Å²) in [5.74, 6) is 0.602. The largest absolute Gasteiger partial charge is 0.726 e. The van der Waals surface area contributed by atoms with Gasteiger partial charge in [0.25, 0.3) is 0 Å². The fourth-order valence-electron chi connectivity index (χ4n) is 1.34. The number of rotatable bonds is 3. The third-order valence-corrected chi connectivity index (χ3v) is 4.11. The van der Waals surface area contributed by atoms with E-state index in [2.05, 4.69) is 16.7 Å². The zero-order valence-corrected chi connectivity index (χ0v) is 15.1. The monoisotopic (exact) mass is 351 g/mol. The molecule has 0 unspecified atom stereocenters. The van der Waals surface area contributed by atoms with Crippen LogP contribution >= 0.6 is 0 Å². The number of hydrogen-bond acceptors (Lipinski definition) is 6. The lowest BCUT2D eigenvalue weighted by Crippen LogP contribution is -2.25. The van der Waals surface area contributed by atoms with Crippen molar-refractivity contribution < 1.29 is 26.7 Å². The summed E-state index contributed by atoms with van der Waals surface area (Å²) in [6.07, 6.45) is 4.00. The Hall–Kier alpha value is -1.29. The molecule has 1 rings (SSSR count). The normalized spacial score (nSPS) is 10.7. The Labute approximate surface area is 134 Å². The second-order valence-corrected chi connectivity index (χ2v) is 7.80. The minimum atomic E-state index is -4.41. The fourth-order valence-corrected chi connectivity index (χ4v) is 2.38. The third-order valence-electron chi connectivity index (χ3n) is 2.36. The molecule has 0 fully saturated rings. The van der Waals surface area contributed by atoms with Crippen molar-refractivity contribution in [3.05, 3.63) is 23.8 Å². The van der Waals surface area contributed by atoms with Crippen LogP contribution in [0.1, 0.15) is 5.56 Å². The predicted octanol–water partition coefficient (Wildman–Crippen LogP) is 1.39. The van der Waals surface area contributed by atoms with E-state index in [-0.39, 0.29) is 17.0 Å². The maximum Gasteiger partial charge on any atom is 0.414 e. The summed E-state index contributed by atoms with van der Waals surface area (Å²) in [4.78, 5) is 14.1. The molecule has 22 heavy (non-hydrogen) atoms. The van der Waals surface area contributed by atoms with Gasteiger partial charge in [0.1, 0.15) is 18.3 Å². The van der Waals surface area contributed by atoms with Crippen molar-refractivity contribution in [2.45, 2.75) is 11.8 Å². The molecular weight excluding hydrogens is 330 g/mol. The molecule has 1 amide bonds. The first-order valence-corrected chi connectivity index (χ1v) is 9.44. The van der Waals surface area contributed by atoms with Gasteiger partial charge in [-0.2, -0.15) is 0 Å². The Bertz CT molecular complexity index is 599. The van der Waals surface area contributed by atoms with Crippen LogP contribution in [0.25, 0.3) is 0 Å². The number of aryl methyl sites for hydroxylation is 1. The summed E-state index contributed by atoms with van der Waals surface area (Å²) in [6, 6.07) is 5.77. The first-order chi connectivity index (χ1) is 9.97. The van der Waals surface area contributed by atoms with Crippen molar-refractivity contribution >= 4 is 27.4 Å². The van der Waals surface area contributed by atoms with E-state index in [1.165, 1.54) is 9.80 Å². The Morgan fingerprint density at radius 2 is 1.77 bits per heavy atom. The van der Waals surface area contributed by atoms with Crippen molar-refractivity contribution in [3.8, 4) is 5.75 Å². The van der Waals surface area contributed by atoms with Crippen LogP contribution in [0.5, 0.6) is 5.75 Å². The van der Waals surface area contributed by atoms with Gasteiger partial charge in [-0.3, -0.25) is 4.18 Å². The Kier molecular flexibility index (Phi) is 8.46. The number of carbonyl (C=O) groups is 1. The molecule has 0 heterocycles. The van der Waals surface area contributed by atoms with Gasteiger partial charge >= 0.3 is 6.09 Å². The molecule has 1 aromatic carbocycles.